The van der Waals surface area contributed by atoms with Crippen molar-refractivity contribution in [1.82, 2.24) is 15.2 Å². The minimum Gasteiger partial charge on any atom is -0.478 e. The number of thiazole rings is 1. The normalized spacial score (nSPS) is 17.6. The zero-order chi connectivity index (χ0) is 33.1. The average Bonchev–Trinajstić information content (AvgIpc) is 3.49. The fraction of sp³-hybridized carbons (Fsp3) is 0.214. The molecule has 3 aromatic rings. The van der Waals surface area contributed by atoms with E-state index >= 15 is 0 Å². The molecule has 0 unspecified atom stereocenters. The summed E-state index contributed by atoms with van der Waals surface area (Å²) in [6.45, 7) is 0. The molecule has 5 N–H and O–H groups in total. The van der Waals surface area contributed by atoms with Crippen LogP contribution < -0.4 is 20.7 Å². The van der Waals surface area contributed by atoms with Gasteiger partial charge in [0, 0.05) is 39.5 Å². The number of rotatable bonds is 11. The highest BCUT2D eigenvalue weighted by atomic mass is 32.2. The van der Waals surface area contributed by atoms with Crippen molar-refractivity contribution in [2.75, 3.05) is 36.4 Å². The lowest BCUT2D eigenvalue weighted by atomic mass is 10.0. The number of thioether (sulfide) groups is 2. The average molecular weight is 685 g/mol. The first kappa shape index (κ1) is 32.5. The molecular weight excluding hydrogens is 659 g/mol. The van der Waals surface area contributed by atoms with Gasteiger partial charge in [0.15, 0.2) is 10.8 Å². The number of nitrogens with zero attached hydrogens (tertiary/aromatic N) is 5. The number of benzene rings is 1. The third kappa shape index (κ3) is 6.53. The highest BCUT2D eigenvalue weighted by molar-refractivity contribution is 8.01. The standard InChI is InChI=1S/C28H25N7O8S3/c1-33(23(37)14-3-5-15(6-4-14)26(39)40)34-9-7-17(8-10-34)44-11-16-12-45-25-20(24(38)35(25)21(16)27(41)42)31-22(36)19(32-43-2)18-13-46-28(29)30-18/h3-10,13,20,25H,11-12H2,1-2H3,(H4-,29,30,31,36,39,40,41,42)/p+1/b32-19-/t20-,25-/m1/s1. The van der Waals surface area contributed by atoms with Crippen LogP contribution in [0, 0.1) is 0 Å². The first-order valence-electron chi connectivity index (χ1n) is 13.3. The van der Waals surface area contributed by atoms with Crippen molar-refractivity contribution >= 4 is 75.4 Å². The Balaban J connectivity index is 1.23. The third-order valence-electron chi connectivity index (χ3n) is 6.91. The summed E-state index contributed by atoms with van der Waals surface area (Å²) >= 11 is 3.81. The predicted molar refractivity (Wildman–Crippen MR) is 169 cm³/mol. The number of anilines is 1. The van der Waals surface area contributed by atoms with Crippen LogP contribution in [0.25, 0.3) is 0 Å². The first-order valence-corrected chi connectivity index (χ1v) is 16.2. The molecule has 238 valence electrons. The molecular formula is C28H26N7O8S3+. The molecule has 3 amide bonds. The summed E-state index contributed by atoms with van der Waals surface area (Å²) in [6, 6.07) is 8.15. The quantitative estimate of drug-likeness (QED) is 0.0733. The molecule has 5 rings (SSSR count). The van der Waals surface area contributed by atoms with Crippen molar-refractivity contribution in [2.24, 2.45) is 5.16 Å². The molecule has 2 aliphatic heterocycles. The van der Waals surface area contributed by atoms with Crippen LogP contribution in [0.1, 0.15) is 26.4 Å². The minimum atomic E-state index is -1.25. The molecule has 4 heterocycles. The number of nitrogen functional groups attached to an aromatic ring is 1. The van der Waals surface area contributed by atoms with E-state index in [1.165, 1.54) is 70.2 Å². The van der Waals surface area contributed by atoms with Crippen molar-refractivity contribution in [1.29, 1.82) is 0 Å². The number of carbonyl (C=O) groups is 5. The Morgan fingerprint density at radius 2 is 1.83 bits per heavy atom. The summed E-state index contributed by atoms with van der Waals surface area (Å²) in [5, 5.41) is 27.9. The number of nitrogens with two attached hydrogens (primary N) is 1. The van der Waals surface area contributed by atoms with Crippen LogP contribution >= 0.6 is 34.9 Å². The third-order valence-corrected chi connectivity index (χ3v) is 10.0. The Labute approximate surface area is 273 Å². The molecule has 2 aromatic heterocycles. The van der Waals surface area contributed by atoms with Crippen molar-refractivity contribution in [2.45, 2.75) is 16.3 Å². The molecule has 0 spiro atoms. The molecule has 18 heteroatoms. The van der Waals surface area contributed by atoms with E-state index in [1.807, 2.05) is 0 Å². The lowest BCUT2D eigenvalue weighted by molar-refractivity contribution is -0.679. The summed E-state index contributed by atoms with van der Waals surface area (Å²) in [5.41, 5.74) is 6.51. The van der Waals surface area contributed by atoms with Crippen molar-refractivity contribution < 1.29 is 43.7 Å². The zero-order valence-corrected chi connectivity index (χ0v) is 26.6. The lowest BCUT2D eigenvalue weighted by Crippen LogP contribution is -2.71. The van der Waals surface area contributed by atoms with Gasteiger partial charge >= 0.3 is 17.8 Å². The number of hydrogen-bond acceptors (Lipinski definition) is 12. The molecule has 0 bridgehead atoms. The fourth-order valence-electron chi connectivity index (χ4n) is 4.61. The number of aromatic nitrogens is 2. The number of aliphatic carboxylic acids is 1. The Morgan fingerprint density at radius 1 is 1.15 bits per heavy atom. The van der Waals surface area contributed by atoms with Crippen molar-refractivity contribution in [3.63, 3.8) is 0 Å². The summed E-state index contributed by atoms with van der Waals surface area (Å²) in [7, 11) is 2.83. The smallest absolute Gasteiger partial charge is 0.352 e. The number of carbonyl (C=O) groups excluding carboxylic acids is 3. The second-order valence-corrected chi connectivity index (χ2v) is 12.8. The molecule has 2 aliphatic rings. The summed E-state index contributed by atoms with van der Waals surface area (Å²) in [4.78, 5) is 73.1. The predicted octanol–water partition coefficient (Wildman–Crippen LogP) is 1.00. The van der Waals surface area contributed by atoms with Crippen LogP contribution in [-0.2, 0) is 19.2 Å². The van der Waals surface area contributed by atoms with Gasteiger partial charge < -0.3 is 26.1 Å². The van der Waals surface area contributed by atoms with Crippen LogP contribution in [0.4, 0.5) is 5.13 Å². The lowest BCUT2D eigenvalue weighted by Gasteiger charge is -2.49. The minimum absolute atomic E-state index is 0.0757. The number of pyridine rings is 1. The van der Waals surface area contributed by atoms with E-state index in [2.05, 4.69) is 15.5 Å². The van der Waals surface area contributed by atoms with Gasteiger partial charge in [-0.2, -0.15) is 0 Å². The van der Waals surface area contributed by atoms with E-state index in [9.17, 15) is 29.1 Å². The van der Waals surface area contributed by atoms with Gasteiger partial charge in [-0.15, -0.1) is 39.9 Å². The Morgan fingerprint density at radius 3 is 2.41 bits per heavy atom. The monoisotopic (exact) mass is 684 g/mol. The maximum absolute atomic E-state index is 13.1. The van der Waals surface area contributed by atoms with E-state index < -0.39 is 35.2 Å². The molecule has 1 aromatic carbocycles. The SMILES string of the molecule is CO/N=C(\C(=O)N[C@@H]1C(=O)N2C(C(=O)O)=C(CSc3cc[n+](N(C)C(=O)c4ccc(C(=O)O)cc4)cc3)CS[C@H]12)c1csc(N)n1. The number of fused-ring (bicyclic) bond motifs is 1. The van der Waals surface area contributed by atoms with Crippen LogP contribution in [0.2, 0.25) is 0 Å². The van der Waals surface area contributed by atoms with Crippen LogP contribution in [0.15, 0.2) is 75.5 Å². The van der Waals surface area contributed by atoms with Gasteiger partial charge in [-0.05, 0) is 29.8 Å². The zero-order valence-electron chi connectivity index (χ0n) is 24.1. The largest absolute Gasteiger partial charge is 0.478 e. The van der Waals surface area contributed by atoms with Gasteiger partial charge in [0.1, 0.15) is 29.9 Å². The molecule has 15 nitrogen and oxygen atoms in total. The number of carboxylic acid groups (broad SMARTS) is 2. The maximum Gasteiger partial charge on any atom is 0.352 e. The number of amides is 3. The van der Waals surface area contributed by atoms with Crippen LogP contribution in [-0.4, -0.2) is 92.5 Å². The number of oxime groups is 1. The second-order valence-electron chi connectivity index (χ2n) is 9.73. The summed E-state index contributed by atoms with van der Waals surface area (Å²) < 4.78 is 1.56. The highest BCUT2D eigenvalue weighted by Gasteiger charge is 2.54. The Hall–Kier alpha value is -4.94. The number of carboxylic acids is 2. The summed E-state index contributed by atoms with van der Waals surface area (Å²) in [6.07, 6.45) is 3.33. The maximum atomic E-state index is 13.1. The highest BCUT2D eigenvalue weighted by Crippen LogP contribution is 2.41. The van der Waals surface area contributed by atoms with Crippen molar-refractivity contribution in [3.8, 4) is 0 Å². The van der Waals surface area contributed by atoms with Crippen molar-refractivity contribution in [3.05, 3.63) is 82.3 Å². The summed E-state index contributed by atoms with van der Waals surface area (Å²) in [5.74, 6) is -3.35. The van der Waals surface area contributed by atoms with Gasteiger partial charge in [0.05, 0.1) is 12.6 Å². The van der Waals surface area contributed by atoms with E-state index in [4.69, 9.17) is 15.7 Å². The Bertz CT molecular complexity index is 1780. The van der Waals surface area contributed by atoms with Crippen LogP contribution in [0.3, 0.4) is 0 Å². The van der Waals surface area contributed by atoms with Gasteiger partial charge in [-0.25, -0.2) is 14.6 Å². The number of aromatic carboxylic acids is 1. The van der Waals surface area contributed by atoms with Gasteiger partial charge in [0.2, 0.25) is 12.4 Å². The molecule has 2 atom stereocenters. The molecule has 46 heavy (non-hydrogen) atoms. The molecule has 1 saturated heterocycles. The van der Waals surface area contributed by atoms with E-state index in [-0.39, 0.29) is 39.5 Å². The molecule has 1 fully saturated rings. The van der Waals surface area contributed by atoms with E-state index in [0.717, 1.165) is 16.2 Å². The second kappa shape index (κ2) is 13.6. The molecule has 0 saturated carbocycles. The Kier molecular flexibility index (Phi) is 9.59. The van der Waals surface area contributed by atoms with Gasteiger partial charge in [0.25, 0.3) is 11.8 Å². The number of β-lactam (4-membered cyclic amide) rings is 1. The van der Waals surface area contributed by atoms with Gasteiger partial charge in [-0.1, -0.05) is 9.83 Å². The topological polar surface area (TPSA) is 209 Å². The van der Waals surface area contributed by atoms with Crippen LogP contribution in [0.5, 0.6) is 0 Å². The number of hydrogen-bond donors (Lipinski definition) is 4. The molecule has 0 radical (unpaired) electrons. The van der Waals surface area contributed by atoms with E-state index in [1.54, 1.807) is 36.3 Å². The van der Waals surface area contributed by atoms with Gasteiger partial charge in [-0.3, -0.25) is 19.3 Å². The molecule has 0 aliphatic carbocycles. The fourth-order valence-corrected chi connectivity index (χ4v) is 7.53. The first-order chi connectivity index (χ1) is 22.0. The van der Waals surface area contributed by atoms with E-state index in [0.29, 0.717) is 16.9 Å². The number of nitrogens with one attached hydrogen (secondary N) is 1.